The largest absolute Gasteiger partial charge is 0.402 e. The number of rotatable bonds is 0. The monoisotopic (exact) mass is 452 g/mol. The average Bonchev–Trinajstić information content (AvgIpc) is 2.60. The molecule has 0 aliphatic heterocycles. The molecule has 0 saturated carbocycles. The predicted molar refractivity (Wildman–Crippen MR) is 84.8 cm³/mol. The molecule has 0 nitrogen and oxygen atoms in total. The lowest BCUT2D eigenvalue weighted by Gasteiger charge is -2.30. The summed E-state index contributed by atoms with van der Waals surface area (Å²) in [4.78, 5) is 0. The highest BCUT2D eigenvalue weighted by molar-refractivity contribution is 14.1. The van der Waals surface area contributed by atoms with Crippen LogP contribution in [0, 0.1) is 3.57 Å². The van der Waals surface area contributed by atoms with Crippen molar-refractivity contribution in [2.75, 3.05) is 0 Å². The van der Waals surface area contributed by atoms with Crippen LogP contribution in [0.2, 0.25) is 0 Å². The third-order valence-corrected chi connectivity index (χ3v) is 5.06. The molecule has 20 heavy (non-hydrogen) atoms. The number of benzene rings is 2. The summed E-state index contributed by atoms with van der Waals surface area (Å²) < 4.78 is 42.7. The average molecular weight is 453 g/mol. The molecule has 5 heteroatoms. The van der Waals surface area contributed by atoms with Crippen molar-refractivity contribution in [1.29, 1.82) is 0 Å². The number of hydrogen-bond acceptors (Lipinski definition) is 0. The van der Waals surface area contributed by atoms with Crippen LogP contribution in [0.5, 0.6) is 0 Å². The van der Waals surface area contributed by atoms with E-state index in [-0.39, 0.29) is 0 Å². The maximum Gasteiger partial charge on any atom is 0.402 e. The predicted octanol–water partition coefficient (Wildman–Crippen LogP) is 5.90. The number of fused-ring (bicyclic) bond motifs is 3. The molecule has 0 heterocycles. The molecular weight excluding hydrogens is 444 g/mol. The van der Waals surface area contributed by atoms with Crippen molar-refractivity contribution < 1.29 is 13.2 Å². The van der Waals surface area contributed by atoms with Gasteiger partial charge in [-0.15, -0.1) is 0 Å². The van der Waals surface area contributed by atoms with Gasteiger partial charge in [0.25, 0.3) is 0 Å². The number of alkyl halides is 3. The smallest absolute Gasteiger partial charge is 0.170 e. The van der Waals surface area contributed by atoms with Gasteiger partial charge in [-0.05, 0) is 76.0 Å². The molecule has 3 rings (SSSR count). The maximum absolute atomic E-state index is 13.7. The van der Waals surface area contributed by atoms with E-state index in [4.69, 9.17) is 0 Å². The summed E-state index contributed by atoms with van der Waals surface area (Å²) in [5, 5.41) is 0. The number of halogens is 5. The molecule has 0 saturated heterocycles. The first kappa shape index (κ1) is 14.4. The molecule has 1 aliphatic carbocycles. The third kappa shape index (κ3) is 1.85. The molecule has 1 atom stereocenters. The van der Waals surface area contributed by atoms with Crippen molar-refractivity contribution >= 4 is 38.5 Å². The standard InChI is InChI=1S/C15H9BrF3I/c1-14(15(17,18)19)12-6-8(16)2-4-10(12)11-5-3-9(20)7-13(11)14/h2-7H,1H3. The Morgan fingerprint density at radius 2 is 1.55 bits per heavy atom. The SMILES string of the molecule is CC1(C(F)(F)F)c2cc(Br)ccc2-c2ccc(I)cc21. The first-order valence-electron chi connectivity index (χ1n) is 5.92. The zero-order valence-corrected chi connectivity index (χ0v) is 14.1. The highest BCUT2D eigenvalue weighted by Gasteiger charge is 2.58. The summed E-state index contributed by atoms with van der Waals surface area (Å²) in [5.41, 5.74) is 0.0383. The molecule has 0 N–H and O–H groups in total. The van der Waals surface area contributed by atoms with Gasteiger partial charge >= 0.3 is 6.18 Å². The lowest BCUT2D eigenvalue weighted by atomic mass is 9.79. The van der Waals surface area contributed by atoms with E-state index < -0.39 is 11.6 Å². The molecule has 2 aromatic carbocycles. The Kier molecular flexibility index (Phi) is 3.21. The quantitative estimate of drug-likeness (QED) is 0.436. The first-order valence-corrected chi connectivity index (χ1v) is 7.79. The summed E-state index contributed by atoms with van der Waals surface area (Å²) in [6, 6.07) is 10.4. The van der Waals surface area contributed by atoms with Gasteiger partial charge in [0.15, 0.2) is 0 Å². The van der Waals surface area contributed by atoms with Crippen LogP contribution >= 0.6 is 38.5 Å². The third-order valence-electron chi connectivity index (χ3n) is 3.90. The van der Waals surface area contributed by atoms with Crippen molar-refractivity contribution in [1.82, 2.24) is 0 Å². The molecule has 0 spiro atoms. The van der Waals surface area contributed by atoms with Crippen LogP contribution in [0.1, 0.15) is 18.1 Å². The Morgan fingerprint density at radius 3 is 2.15 bits per heavy atom. The molecular formula is C15H9BrF3I. The fourth-order valence-corrected chi connectivity index (χ4v) is 3.63. The fourth-order valence-electron chi connectivity index (χ4n) is 2.78. The molecule has 2 aromatic rings. The van der Waals surface area contributed by atoms with Crippen LogP contribution in [0.25, 0.3) is 11.1 Å². The summed E-state index contributed by atoms with van der Waals surface area (Å²) in [6.45, 7) is 1.26. The van der Waals surface area contributed by atoms with Gasteiger partial charge in [0.2, 0.25) is 0 Å². The summed E-state index contributed by atoms with van der Waals surface area (Å²) >= 11 is 5.32. The van der Waals surface area contributed by atoms with E-state index in [1.165, 1.54) is 6.92 Å². The molecule has 0 bridgehead atoms. The molecule has 0 aromatic heterocycles. The van der Waals surface area contributed by atoms with Gasteiger partial charge in [-0.2, -0.15) is 13.2 Å². The van der Waals surface area contributed by atoms with Gasteiger partial charge in [0, 0.05) is 8.04 Å². The second kappa shape index (κ2) is 4.47. The van der Waals surface area contributed by atoms with Crippen LogP contribution in [-0.2, 0) is 5.41 Å². The lowest BCUT2D eigenvalue weighted by Crippen LogP contribution is -2.38. The highest BCUT2D eigenvalue weighted by atomic mass is 127. The van der Waals surface area contributed by atoms with Gasteiger partial charge in [-0.25, -0.2) is 0 Å². The zero-order valence-electron chi connectivity index (χ0n) is 10.4. The number of hydrogen-bond donors (Lipinski definition) is 0. The van der Waals surface area contributed by atoms with Crippen LogP contribution in [0.15, 0.2) is 40.9 Å². The van der Waals surface area contributed by atoms with Crippen molar-refractivity contribution in [3.63, 3.8) is 0 Å². The summed E-state index contributed by atoms with van der Waals surface area (Å²) in [7, 11) is 0. The minimum atomic E-state index is -4.34. The Hall–Kier alpha value is -0.560. The van der Waals surface area contributed by atoms with Crippen molar-refractivity contribution in [3.05, 3.63) is 55.6 Å². The topological polar surface area (TPSA) is 0 Å². The normalized spacial score (nSPS) is 20.7. The zero-order chi connectivity index (χ0) is 14.7. The van der Waals surface area contributed by atoms with E-state index in [2.05, 4.69) is 15.9 Å². The van der Waals surface area contributed by atoms with Crippen LogP contribution in [0.3, 0.4) is 0 Å². The van der Waals surface area contributed by atoms with Gasteiger partial charge in [0.05, 0.1) is 0 Å². The van der Waals surface area contributed by atoms with Gasteiger partial charge in [-0.1, -0.05) is 28.1 Å². The Labute approximate surface area is 136 Å². The fraction of sp³-hybridized carbons (Fsp3) is 0.200. The van der Waals surface area contributed by atoms with Crippen molar-refractivity contribution in [3.8, 4) is 11.1 Å². The Balaban J connectivity index is 2.42. The summed E-state index contributed by atoms with van der Waals surface area (Å²) in [6.07, 6.45) is -4.34. The van der Waals surface area contributed by atoms with E-state index in [0.717, 1.165) is 3.57 Å². The highest BCUT2D eigenvalue weighted by Crippen LogP contribution is 2.56. The van der Waals surface area contributed by atoms with Gasteiger partial charge in [-0.3, -0.25) is 0 Å². The van der Waals surface area contributed by atoms with Crippen molar-refractivity contribution in [2.45, 2.75) is 18.5 Å². The Bertz CT molecular complexity index is 655. The second-order valence-corrected chi connectivity index (χ2v) is 7.16. The van der Waals surface area contributed by atoms with E-state index >= 15 is 0 Å². The van der Waals surface area contributed by atoms with E-state index in [1.807, 2.05) is 28.7 Å². The van der Waals surface area contributed by atoms with Crippen LogP contribution in [-0.4, -0.2) is 6.18 Å². The van der Waals surface area contributed by atoms with Gasteiger partial charge in [0.1, 0.15) is 5.41 Å². The minimum absolute atomic E-state index is 0.316. The van der Waals surface area contributed by atoms with E-state index in [9.17, 15) is 13.2 Å². The Morgan fingerprint density at radius 1 is 1.00 bits per heavy atom. The molecule has 0 fully saturated rings. The lowest BCUT2D eigenvalue weighted by molar-refractivity contribution is -0.172. The molecule has 1 aliphatic rings. The van der Waals surface area contributed by atoms with Crippen LogP contribution in [0.4, 0.5) is 13.2 Å². The van der Waals surface area contributed by atoms with E-state index in [1.54, 1.807) is 30.3 Å². The van der Waals surface area contributed by atoms with Crippen molar-refractivity contribution in [2.24, 2.45) is 0 Å². The molecule has 0 amide bonds. The maximum atomic E-state index is 13.7. The van der Waals surface area contributed by atoms with E-state index in [0.29, 0.717) is 26.7 Å². The summed E-state index contributed by atoms with van der Waals surface area (Å²) in [5.74, 6) is 0. The molecule has 0 radical (unpaired) electrons. The molecule has 104 valence electrons. The van der Waals surface area contributed by atoms with Gasteiger partial charge < -0.3 is 0 Å². The van der Waals surface area contributed by atoms with Crippen LogP contribution < -0.4 is 0 Å². The minimum Gasteiger partial charge on any atom is -0.170 e. The second-order valence-electron chi connectivity index (χ2n) is 5.00. The molecule has 1 unspecified atom stereocenters. The first-order chi connectivity index (χ1) is 9.25.